The molecule has 0 amide bonds. The molecule has 1 N–H and O–H groups in total. The molecule has 0 aliphatic carbocycles. The summed E-state index contributed by atoms with van der Waals surface area (Å²) < 4.78 is 31.7. The summed E-state index contributed by atoms with van der Waals surface area (Å²) in [5.74, 6) is 1.01. The Bertz CT molecular complexity index is 397. The minimum atomic E-state index is -2.32. The molecule has 2 atom stereocenters. The van der Waals surface area contributed by atoms with Crippen molar-refractivity contribution in [2.24, 2.45) is 0 Å². The van der Waals surface area contributed by atoms with Crippen LogP contribution in [0.25, 0.3) is 0 Å². The summed E-state index contributed by atoms with van der Waals surface area (Å²) in [4.78, 5) is 0. The number of hydrogen-bond donors (Lipinski definition) is 1. The standard InChI is InChI=1S/C15H21F2NO/c1-2-8-18-13(15(16)17)10-11-7-9-19-14-6-4-3-5-12(11)14/h3-6,11,13,15,18H,2,7-10H2,1H3. The zero-order valence-electron chi connectivity index (χ0n) is 11.2. The number of halogens is 2. The number of hydrogen-bond acceptors (Lipinski definition) is 2. The maximum absolute atomic E-state index is 13.1. The van der Waals surface area contributed by atoms with Gasteiger partial charge in [-0.25, -0.2) is 8.78 Å². The van der Waals surface area contributed by atoms with E-state index in [2.05, 4.69) is 5.32 Å². The van der Waals surface area contributed by atoms with Gasteiger partial charge in [-0.05, 0) is 43.4 Å². The second kappa shape index (κ2) is 6.85. The zero-order valence-corrected chi connectivity index (χ0v) is 11.2. The third-order valence-electron chi connectivity index (χ3n) is 3.58. The highest BCUT2D eigenvalue weighted by Crippen LogP contribution is 2.36. The van der Waals surface area contributed by atoms with Gasteiger partial charge in [0, 0.05) is 0 Å². The van der Waals surface area contributed by atoms with E-state index in [-0.39, 0.29) is 5.92 Å². The largest absolute Gasteiger partial charge is 0.493 e. The van der Waals surface area contributed by atoms with Crippen LogP contribution in [-0.2, 0) is 0 Å². The van der Waals surface area contributed by atoms with Crippen LogP contribution in [0.15, 0.2) is 24.3 Å². The fourth-order valence-electron chi connectivity index (χ4n) is 2.57. The van der Waals surface area contributed by atoms with Crippen molar-refractivity contribution in [3.63, 3.8) is 0 Å². The Hall–Kier alpha value is -1.16. The van der Waals surface area contributed by atoms with Crippen LogP contribution < -0.4 is 10.1 Å². The summed E-state index contributed by atoms with van der Waals surface area (Å²) in [6.07, 6.45) is -0.166. The fourth-order valence-corrected chi connectivity index (χ4v) is 2.57. The first kappa shape index (κ1) is 14.3. The van der Waals surface area contributed by atoms with E-state index >= 15 is 0 Å². The van der Waals surface area contributed by atoms with Gasteiger partial charge < -0.3 is 10.1 Å². The first-order valence-electron chi connectivity index (χ1n) is 6.95. The number of ether oxygens (including phenoxy) is 1. The summed E-state index contributed by atoms with van der Waals surface area (Å²) in [6, 6.07) is 7.04. The highest BCUT2D eigenvalue weighted by atomic mass is 19.3. The highest BCUT2D eigenvalue weighted by molar-refractivity contribution is 5.37. The fraction of sp³-hybridized carbons (Fsp3) is 0.600. The minimum absolute atomic E-state index is 0.160. The molecular formula is C15H21F2NO. The molecule has 2 rings (SSSR count). The topological polar surface area (TPSA) is 21.3 Å². The molecule has 19 heavy (non-hydrogen) atoms. The monoisotopic (exact) mass is 269 g/mol. The van der Waals surface area contributed by atoms with Gasteiger partial charge in [0.05, 0.1) is 12.6 Å². The maximum Gasteiger partial charge on any atom is 0.253 e. The molecule has 0 bridgehead atoms. The molecule has 1 aliphatic rings. The number of fused-ring (bicyclic) bond motifs is 1. The Morgan fingerprint density at radius 2 is 2.16 bits per heavy atom. The molecule has 2 nitrogen and oxygen atoms in total. The molecule has 1 aliphatic heterocycles. The van der Waals surface area contributed by atoms with Crippen molar-refractivity contribution < 1.29 is 13.5 Å². The lowest BCUT2D eigenvalue weighted by molar-refractivity contribution is 0.0874. The number of benzene rings is 1. The van der Waals surface area contributed by atoms with Gasteiger partial charge in [0.25, 0.3) is 6.43 Å². The summed E-state index contributed by atoms with van der Waals surface area (Å²) in [6.45, 7) is 3.24. The van der Waals surface area contributed by atoms with Crippen molar-refractivity contribution >= 4 is 0 Å². The zero-order chi connectivity index (χ0) is 13.7. The lowest BCUT2D eigenvalue weighted by atomic mass is 9.87. The summed E-state index contributed by atoms with van der Waals surface area (Å²) in [7, 11) is 0. The van der Waals surface area contributed by atoms with Crippen LogP contribution in [0.4, 0.5) is 8.78 Å². The molecule has 2 unspecified atom stereocenters. The van der Waals surface area contributed by atoms with Gasteiger partial charge in [-0.15, -0.1) is 0 Å². The molecule has 0 aromatic heterocycles. The highest BCUT2D eigenvalue weighted by Gasteiger charge is 2.28. The van der Waals surface area contributed by atoms with E-state index in [1.807, 2.05) is 31.2 Å². The van der Waals surface area contributed by atoms with Crippen LogP contribution in [0, 0.1) is 0 Å². The van der Waals surface area contributed by atoms with E-state index in [0.717, 1.165) is 24.2 Å². The summed E-state index contributed by atoms with van der Waals surface area (Å²) >= 11 is 0. The van der Waals surface area contributed by atoms with Gasteiger partial charge in [-0.3, -0.25) is 0 Å². The SMILES string of the molecule is CCCNC(CC1CCOc2ccccc21)C(F)F. The van der Waals surface area contributed by atoms with Crippen molar-refractivity contribution in [3.8, 4) is 5.75 Å². The summed E-state index contributed by atoms with van der Waals surface area (Å²) in [5, 5.41) is 2.96. The Morgan fingerprint density at radius 3 is 2.89 bits per heavy atom. The van der Waals surface area contributed by atoms with E-state index in [9.17, 15) is 8.78 Å². The van der Waals surface area contributed by atoms with Crippen LogP contribution in [0.1, 0.15) is 37.7 Å². The van der Waals surface area contributed by atoms with Gasteiger partial charge in [-0.1, -0.05) is 25.1 Å². The summed E-state index contributed by atoms with van der Waals surface area (Å²) in [5.41, 5.74) is 1.07. The molecular weight excluding hydrogens is 248 g/mol. The molecule has 0 fully saturated rings. The Balaban J connectivity index is 2.05. The number of para-hydroxylation sites is 1. The van der Waals surface area contributed by atoms with Crippen LogP contribution in [0.2, 0.25) is 0 Å². The van der Waals surface area contributed by atoms with Gasteiger partial charge in [-0.2, -0.15) is 0 Å². The average molecular weight is 269 g/mol. The van der Waals surface area contributed by atoms with Crippen molar-refractivity contribution in [2.75, 3.05) is 13.2 Å². The number of nitrogens with one attached hydrogen (secondary N) is 1. The second-order valence-corrected chi connectivity index (χ2v) is 5.00. The number of rotatable bonds is 6. The van der Waals surface area contributed by atoms with Crippen molar-refractivity contribution in [3.05, 3.63) is 29.8 Å². The third-order valence-corrected chi connectivity index (χ3v) is 3.58. The Morgan fingerprint density at radius 1 is 1.37 bits per heavy atom. The van der Waals surface area contributed by atoms with Crippen LogP contribution >= 0.6 is 0 Å². The van der Waals surface area contributed by atoms with Crippen molar-refractivity contribution in [1.82, 2.24) is 5.32 Å². The quantitative estimate of drug-likeness (QED) is 0.852. The van der Waals surface area contributed by atoms with Gasteiger partial charge >= 0.3 is 0 Å². The molecule has 0 spiro atoms. The third kappa shape index (κ3) is 3.66. The van der Waals surface area contributed by atoms with Crippen LogP contribution in [-0.4, -0.2) is 25.6 Å². The van der Waals surface area contributed by atoms with E-state index in [4.69, 9.17) is 4.74 Å². The smallest absolute Gasteiger partial charge is 0.253 e. The van der Waals surface area contributed by atoms with Crippen LogP contribution in [0.3, 0.4) is 0 Å². The van der Waals surface area contributed by atoms with E-state index < -0.39 is 12.5 Å². The maximum atomic E-state index is 13.1. The molecule has 1 heterocycles. The van der Waals surface area contributed by atoms with Gasteiger partial charge in [0.1, 0.15) is 5.75 Å². The molecule has 0 saturated heterocycles. The molecule has 106 valence electrons. The predicted octanol–water partition coefficient (Wildman–Crippen LogP) is 3.58. The van der Waals surface area contributed by atoms with Crippen molar-refractivity contribution in [2.45, 2.75) is 44.6 Å². The van der Waals surface area contributed by atoms with E-state index in [1.165, 1.54) is 0 Å². The molecule has 1 aromatic rings. The minimum Gasteiger partial charge on any atom is -0.493 e. The molecule has 4 heteroatoms. The van der Waals surface area contributed by atoms with Crippen molar-refractivity contribution in [1.29, 1.82) is 0 Å². The second-order valence-electron chi connectivity index (χ2n) is 5.00. The predicted molar refractivity (Wildman–Crippen MR) is 72.0 cm³/mol. The Kier molecular flexibility index (Phi) is 5.14. The molecule has 1 aromatic carbocycles. The molecule has 0 saturated carbocycles. The first-order valence-corrected chi connectivity index (χ1v) is 6.95. The number of alkyl halides is 2. The van der Waals surface area contributed by atoms with Gasteiger partial charge in [0.2, 0.25) is 0 Å². The normalized spacial score (nSPS) is 19.9. The average Bonchev–Trinajstić information content (AvgIpc) is 2.43. The first-order chi connectivity index (χ1) is 9.22. The van der Waals surface area contributed by atoms with Gasteiger partial charge in [0.15, 0.2) is 0 Å². The van der Waals surface area contributed by atoms with E-state index in [0.29, 0.717) is 19.6 Å². The lowest BCUT2D eigenvalue weighted by Gasteiger charge is -2.29. The van der Waals surface area contributed by atoms with Crippen LogP contribution in [0.5, 0.6) is 5.75 Å². The lowest BCUT2D eigenvalue weighted by Crippen LogP contribution is -2.38. The Labute approximate surface area is 113 Å². The van der Waals surface area contributed by atoms with E-state index in [1.54, 1.807) is 0 Å². The molecule has 0 radical (unpaired) electrons.